The third-order valence-corrected chi connectivity index (χ3v) is 6.20. The number of carbonyl (C=O) groups is 3. The van der Waals surface area contributed by atoms with Crippen LogP contribution in [0.1, 0.15) is 83.5 Å². The number of Topliss-reactive ketones (excluding diaryl/α,β-unsaturated/α-hetero) is 1. The minimum Gasteiger partial charge on any atom is -0.461 e. The van der Waals surface area contributed by atoms with E-state index in [2.05, 4.69) is 13.8 Å². The minimum absolute atomic E-state index is 0.186. The van der Waals surface area contributed by atoms with E-state index in [0.717, 1.165) is 6.42 Å². The van der Waals surface area contributed by atoms with Crippen molar-refractivity contribution < 1.29 is 19.1 Å². The molecule has 0 aliphatic heterocycles. The molecule has 1 aromatic carbocycles. The minimum atomic E-state index is -0.702. The van der Waals surface area contributed by atoms with Gasteiger partial charge in [0.15, 0.2) is 5.78 Å². The van der Waals surface area contributed by atoms with Gasteiger partial charge in [-0.1, -0.05) is 25.4 Å². The van der Waals surface area contributed by atoms with Crippen LogP contribution in [-0.4, -0.2) is 46.3 Å². The van der Waals surface area contributed by atoms with Crippen LogP contribution in [0.15, 0.2) is 24.3 Å². The number of ketones is 1. The maximum Gasteiger partial charge on any atom is 0.355 e. The Morgan fingerprint density at radius 3 is 2.18 bits per heavy atom. The fraction of sp³-hybridized carbons (Fsp3) is 0.500. The van der Waals surface area contributed by atoms with E-state index in [1.165, 1.54) is 0 Å². The van der Waals surface area contributed by atoms with Gasteiger partial charge in [-0.15, -0.1) is 0 Å². The van der Waals surface area contributed by atoms with Crippen LogP contribution in [0.5, 0.6) is 0 Å². The summed E-state index contributed by atoms with van der Waals surface area (Å²) < 4.78 is 7.04. The maximum atomic E-state index is 13.7. The summed E-state index contributed by atoms with van der Waals surface area (Å²) in [6.45, 7) is 14.4. The van der Waals surface area contributed by atoms with E-state index in [-0.39, 0.29) is 18.3 Å². The van der Waals surface area contributed by atoms with Crippen molar-refractivity contribution in [3.05, 3.63) is 57.4 Å². The number of hydrogen-bond donors (Lipinski definition) is 0. The first-order chi connectivity index (χ1) is 15.5. The Morgan fingerprint density at radius 1 is 1.06 bits per heavy atom. The van der Waals surface area contributed by atoms with Crippen molar-refractivity contribution in [3.63, 3.8) is 0 Å². The highest BCUT2D eigenvalue weighted by Crippen LogP contribution is 2.26. The monoisotopic (exact) mass is 474 g/mol. The van der Waals surface area contributed by atoms with Crippen molar-refractivity contribution in [1.82, 2.24) is 9.47 Å². The smallest absolute Gasteiger partial charge is 0.355 e. The number of ether oxygens (including phenoxy) is 1. The van der Waals surface area contributed by atoms with Crippen molar-refractivity contribution in [1.29, 1.82) is 0 Å². The van der Waals surface area contributed by atoms with Crippen LogP contribution >= 0.6 is 11.6 Å². The van der Waals surface area contributed by atoms with E-state index in [0.29, 0.717) is 52.1 Å². The molecule has 1 atom stereocenters. The zero-order chi connectivity index (χ0) is 24.9. The molecule has 2 aromatic rings. The maximum absolute atomic E-state index is 13.7. The lowest BCUT2D eigenvalue weighted by molar-refractivity contribution is 0.0512. The van der Waals surface area contributed by atoms with E-state index < -0.39 is 12.0 Å². The number of amides is 1. The molecule has 7 heteroatoms. The van der Waals surface area contributed by atoms with Crippen LogP contribution in [0.2, 0.25) is 5.02 Å². The molecule has 0 bridgehead atoms. The highest BCUT2D eigenvalue weighted by molar-refractivity contribution is 6.30. The van der Waals surface area contributed by atoms with Crippen molar-refractivity contribution in [2.45, 2.75) is 67.5 Å². The number of carbonyl (C=O) groups excluding carboxylic acids is 3. The summed E-state index contributed by atoms with van der Waals surface area (Å²) in [5.74, 6) is -0.480. The third-order valence-electron chi connectivity index (χ3n) is 5.94. The molecule has 1 aromatic heterocycles. The van der Waals surface area contributed by atoms with E-state index in [1.807, 2.05) is 18.4 Å². The van der Waals surface area contributed by atoms with Crippen LogP contribution in [0.4, 0.5) is 0 Å². The SMILES string of the molecule is CCOC(=O)c1c(C)c(C(=O)C(C)N(CCC(C)C)C(=O)c2ccc(Cl)cc2)c(C)n1CC. The first-order valence-electron chi connectivity index (χ1n) is 11.5. The molecule has 0 saturated carbocycles. The molecule has 0 spiro atoms. The Kier molecular flexibility index (Phi) is 9.29. The summed E-state index contributed by atoms with van der Waals surface area (Å²) in [5.41, 5.74) is 2.65. The summed E-state index contributed by atoms with van der Waals surface area (Å²) in [5, 5.41) is 0.544. The summed E-state index contributed by atoms with van der Waals surface area (Å²) in [7, 11) is 0. The van der Waals surface area contributed by atoms with E-state index in [1.54, 1.807) is 49.9 Å². The molecule has 1 heterocycles. The molecule has 1 unspecified atom stereocenters. The normalized spacial score (nSPS) is 12.0. The van der Waals surface area contributed by atoms with Gasteiger partial charge < -0.3 is 14.2 Å². The van der Waals surface area contributed by atoms with Crippen molar-refractivity contribution in [3.8, 4) is 0 Å². The van der Waals surface area contributed by atoms with Crippen LogP contribution in [0, 0.1) is 19.8 Å². The van der Waals surface area contributed by atoms with Gasteiger partial charge in [-0.2, -0.15) is 0 Å². The number of aromatic nitrogens is 1. The Morgan fingerprint density at radius 2 is 1.67 bits per heavy atom. The lowest BCUT2D eigenvalue weighted by Crippen LogP contribution is -2.44. The average molecular weight is 475 g/mol. The third kappa shape index (κ3) is 5.85. The Balaban J connectivity index is 2.49. The van der Waals surface area contributed by atoms with Gasteiger partial charge in [0.2, 0.25) is 0 Å². The van der Waals surface area contributed by atoms with Crippen LogP contribution in [0.3, 0.4) is 0 Å². The van der Waals surface area contributed by atoms with E-state index in [4.69, 9.17) is 16.3 Å². The number of halogens is 1. The summed E-state index contributed by atoms with van der Waals surface area (Å²) >= 11 is 5.99. The number of nitrogens with zero attached hydrogens (tertiary/aromatic N) is 2. The van der Waals surface area contributed by atoms with Gasteiger partial charge in [-0.3, -0.25) is 9.59 Å². The van der Waals surface area contributed by atoms with Gasteiger partial charge in [-0.05, 0) is 76.8 Å². The molecule has 0 aliphatic carbocycles. The predicted molar refractivity (Wildman–Crippen MR) is 131 cm³/mol. The summed E-state index contributed by atoms with van der Waals surface area (Å²) in [6, 6.07) is 5.99. The lowest BCUT2D eigenvalue weighted by atomic mass is 9.98. The topological polar surface area (TPSA) is 68.6 Å². The number of rotatable bonds is 10. The van der Waals surface area contributed by atoms with Gasteiger partial charge in [0, 0.05) is 34.9 Å². The summed E-state index contributed by atoms with van der Waals surface area (Å²) in [4.78, 5) is 41.4. The molecule has 0 aliphatic rings. The van der Waals surface area contributed by atoms with Gasteiger partial charge in [-0.25, -0.2) is 4.79 Å². The van der Waals surface area contributed by atoms with Crippen LogP contribution in [0.25, 0.3) is 0 Å². The molecule has 2 rings (SSSR count). The molecule has 33 heavy (non-hydrogen) atoms. The van der Waals surface area contributed by atoms with E-state index in [9.17, 15) is 14.4 Å². The highest BCUT2D eigenvalue weighted by Gasteiger charge is 2.33. The van der Waals surface area contributed by atoms with Gasteiger partial charge in [0.25, 0.3) is 5.91 Å². The van der Waals surface area contributed by atoms with Crippen molar-refractivity contribution >= 4 is 29.3 Å². The van der Waals surface area contributed by atoms with Gasteiger partial charge >= 0.3 is 5.97 Å². The average Bonchev–Trinajstić information content (AvgIpc) is 3.02. The highest BCUT2D eigenvalue weighted by atomic mass is 35.5. The molecule has 6 nitrogen and oxygen atoms in total. The largest absolute Gasteiger partial charge is 0.461 e. The molecule has 0 fully saturated rings. The van der Waals surface area contributed by atoms with E-state index >= 15 is 0 Å². The summed E-state index contributed by atoms with van der Waals surface area (Å²) in [6.07, 6.45) is 0.763. The second kappa shape index (κ2) is 11.5. The molecule has 1 amide bonds. The Hall–Kier alpha value is -2.60. The number of benzene rings is 1. The second-order valence-corrected chi connectivity index (χ2v) is 9.06. The van der Waals surface area contributed by atoms with Gasteiger partial charge in [0.05, 0.1) is 12.6 Å². The molecule has 0 radical (unpaired) electrons. The second-order valence-electron chi connectivity index (χ2n) is 8.63. The molecule has 0 N–H and O–H groups in total. The number of esters is 1. The fourth-order valence-electron chi connectivity index (χ4n) is 4.09. The Bertz CT molecular complexity index is 1010. The molecular weight excluding hydrogens is 440 g/mol. The molecule has 180 valence electrons. The lowest BCUT2D eigenvalue weighted by Gasteiger charge is -2.29. The fourth-order valence-corrected chi connectivity index (χ4v) is 4.22. The van der Waals surface area contributed by atoms with Crippen molar-refractivity contribution in [2.24, 2.45) is 5.92 Å². The first-order valence-corrected chi connectivity index (χ1v) is 11.9. The zero-order valence-electron chi connectivity index (χ0n) is 20.7. The first kappa shape index (κ1) is 26.7. The standard InChI is InChI=1S/C26H35ClN2O4/c1-8-28-18(6)22(17(5)23(28)26(32)33-9-2)24(30)19(7)29(15-14-16(3)4)25(31)20-10-12-21(27)13-11-20/h10-13,16,19H,8-9,14-15H2,1-7H3. The molecule has 0 saturated heterocycles. The zero-order valence-corrected chi connectivity index (χ0v) is 21.5. The van der Waals surface area contributed by atoms with Crippen LogP contribution < -0.4 is 0 Å². The molecular formula is C26H35ClN2O4. The Labute approximate surface area is 201 Å². The number of hydrogen-bond acceptors (Lipinski definition) is 4. The van der Waals surface area contributed by atoms with Crippen LogP contribution in [-0.2, 0) is 11.3 Å². The van der Waals surface area contributed by atoms with Crippen molar-refractivity contribution in [2.75, 3.05) is 13.2 Å². The predicted octanol–water partition coefficient (Wildman–Crippen LogP) is 5.71. The quantitative estimate of drug-likeness (QED) is 0.326. The van der Waals surface area contributed by atoms with Gasteiger partial charge in [0.1, 0.15) is 5.69 Å².